The summed E-state index contributed by atoms with van der Waals surface area (Å²) in [6, 6.07) is 18.7. The van der Waals surface area contributed by atoms with Crippen LogP contribution in [-0.4, -0.2) is 42.6 Å². The normalized spacial score (nSPS) is 13.0. The van der Waals surface area contributed by atoms with Crippen molar-refractivity contribution in [3.63, 3.8) is 0 Å². The lowest BCUT2D eigenvalue weighted by Crippen LogP contribution is -2.30. The Morgan fingerprint density at radius 1 is 0.976 bits per heavy atom. The highest BCUT2D eigenvalue weighted by Crippen LogP contribution is 2.34. The number of esters is 1. The zero-order chi connectivity index (χ0) is 29.3. The standard InChI is InChI=1S/C28H26N4O8S/c1-17-25(27(34)32(31(17)3)21-9-5-4-6-10-21)30-41(36,37)22-11-7-8-19(14-22)28(35)40-18(2)26(33)29-20-12-13-23-24(15-20)39-16-38-23/h4-15,18,30H,16H2,1-3H3,(H,29,33)/t18-/m1/s1. The van der Waals surface area contributed by atoms with Gasteiger partial charge in [0.2, 0.25) is 6.79 Å². The molecule has 212 valence electrons. The van der Waals surface area contributed by atoms with Crippen LogP contribution in [0.5, 0.6) is 11.5 Å². The number of fused-ring (bicyclic) bond motifs is 1. The number of nitrogens with one attached hydrogen (secondary N) is 2. The molecule has 0 spiro atoms. The highest BCUT2D eigenvalue weighted by molar-refractivity contribution is 7.92. The maximum absolute atomic E-state index is 13.2. The Balaban J connectivity index is 1.30. The van der Waals surface area contributed by atoms with E-state index in [1.807, 2.05) is 0 Å². The average molecular weight is 579 g/mol. The lowest BCUT2D eigenvalue weighted by atomic mass is 10.2. The Kier molecular flexibility index (Phi) is 7.28. The third kappa shape index (κ3) is 5.52. The fourth-order valence-electron chi connectivity index (χ4n) is 4.17. The lowest BCUT2D eigenvalue weighted by molar-refractivity contribution is -0.123. The largest absolute Gasteiger partial charge is 0.454 e. The molecule has 0 fully saturated rings. The Hall–Kier alpha value is -5.04. The number of hydrogen-bond donors (Lipinski definition) is 2. The van der Waals surface area contributed by atoms with Crippen LogP contribution in [0.3, 0.4) is 0 Å². The van der Waals surface area contributed by atoms with E-state index in [4.69, 9.17) is 14.2 Å². The number of benzene rings is 3. The van der Waals surface area contributed by atoms with Crippen molar-refractivity contribution in [2.45, 2.75) is 24.8 Å². The molecule has 2 N–H and O–H groups in total. The van der Waals surface area contributed by atoms with E-state index in [0.29, 0.717) is 28.6 Å². The molecule has 1 aliphatic heterocycles. The maximum Gasteiger partial charge on any atom is 0.338 e. The van der Waals surface area contributed by atoms with Gasteiger partial charge >= 0.3 is 5.97 Å². The molecule has 1 aliphatic rings. The van der Waals surface area contributed by atoms with Crippen LogP contribution < -0.4 is 25.1 Å². The SMILES string of the molecule is Cc1c(NS(=O)(=O)c2cccc(C(=O)O[C@H](C)C(=O)Nc3ccc4c(c3)OCO4)c2)c(=O)n(-c2ccccc2)n1C. The van der Waals surface area contributed by atoms with Gasteiger partial charge in [0.05, 0.1) is 21.8 Å². The van der Waals surface area contributed by atoms with Crippen LogP contribution in [0.1, 0.15) is 23.0 Å². The topological polar surface area (TPSA) is 147 Å². The van der Waals surface area contributed by atoms with E-state index in [9.17, 15) is 22.8 Å². The number of amides is 1. The van der Waals surface area contributed by atoms with Crippen molar-refractivity contribution in [2.24, 2.45) is 7.05 Å². The van der Waals surface area contributed by atoms with E-state index in [-0.39, 0.29) is 22.9 Å². The molecule has 12 nitrogen and oxygen atoms in total. The van der Waals surface area contributed by atoms with Gasteiger partial charge in [-0.25, -0.2) is 17.9 Å². The van der Waals surface area contributed by atoms with Crippen molar-refractivity contribution in [2.75, 3.05) is 16.8 Å². The molecular formula is C28H26N4O8S. The summed E-state index contributed by atoms with van der Waals surface area (Å²) in [4.78, 5) is 38.3. The second-order valence-corrected chi connectivity index (χ2v) is 10.9. The molecule has 41 heavy (non-hydrogen) atoms. The zero-order valence-electron chi connectivity index (χ0n) is 22.3. The van der Waals surface area contributed by atoms with Crippen molar-refractivity contribution < 1.29 is 32.2 Å². The first kappa shape index (κ1) is 27.5. The molecule has 3 aromatic carbocycles. The van der Waals surface area contributed by atoms with Crippen LogP contribution in [0, 0.1) is 6.92 Å². The van der Waals surface area contributed by atoms with Crippen LogP contribution in [0.2, 0.25) is 0 Å². The Bertz CT molecular complexity index is 1810. The Morgan fingerprint density at radius 3 is 2.46 bits per heavy atom. The number of anilines is 2. The minimum atomic E-state index is -4.28. The number of aromatic nitrogens is 2. The van der Waals surface area contributed by atoms with Gasteiger partial charge in [0.1, 0.15) is 5.69 Å². The summed E-state index contributed by atoms with van der Waals surface area (Å²) in [5, 5.41) is 2.63. The average Bonchev–Trinajstić information content (AvgIpc) is 3.51. The minimum Gasteiger partial charge on any atom is -0.454 e. The molecule has 1 atom stereocenters. The van der Waals surface area contributed by atoms with Crippen LogP contribution >= 0.6 is 0 Å². The number of nitrogens with zero attached hydrogens (tertiary/aromatic N) is 2. The van der Waals surface area contributed by atoms with E-state index in [0.717, 1.165) is 6.07 Å². The molecule has 0 bridgehead atoms. The summed E-state index contributed by atoms with van der Waals surface area (Å²) in [5.41, 5.74) is 0.594. The highest BCUT2D eigenvalue weighted by Gasteiger charge is 2.25. The monoisotopic (exact) mass is 578 g/mol. The first-order valence-corrected chi connectivity index (χ1v) is 13.9. The Labute approximate surface area is 235 Å². The van der Waals surface area contributed by atoms with Crippen LogP contribution in [0.25, 0.3) is 5.69 Å². The van der Waals surface area contributed by atoms with Gasteiger partial charge in [-0.15, -0.1) is 0 Å². The third-order valence-corrected chi connectivity index (χ3v) is 7.81. The minimum absolute atomic E-state index is 0.0851. The van der Waals surface area contributed by atoms with Crippen molar-refractivity contribution in [3.05, 3.63) is 94.4 Å². The number of carbonyl (C=O) groups is 2. The fourth-order valence-corrected chi connectivity index (χ4v) is 5.33. The molecule has 0 saturated carbocycles. The number of carbonyl (C=O) groups excluding carboxylic acids is 2. The van der Waals surface area contributed by atoms with Crippen molar-refractivity contribution in [3.8, 4) is 17.2 Å². The van der Waals surface area contributed by atoms with E-state index >= 15 is 0 Å². The number of ether oxygens (including phenoxy) is 3. The Morgan fingerprint density at radius 2 is 1.71 bits per heavy atom. The smallest absolute Gasteiger partial charge is 0.338 e. The molecule has 5 rings (SSSR count). The summed E-state index contributed by atoms with van der Waals surface area (Å²) in [7, 11) is -2.64. The molecule has 1 amide bonds. The van der Waals surface area contributed by atoms with Gasteiger partial charge in [-0.3, -0.25) is 19.0 Å². The molecular weight excluding hydrogens is 552 g/mol. The number of para-hydroxylation sites is 1. The van der Waals surface area contributed by atoms with E-state index in [1.54, 1.807) is 67.2 Å². The molecule has 13 heteroatoms. The summed E-state index contributed by atoms with van der Waals surface area (Å²) < 4.78 is 47.5. The second kappa shape index (κ2) is 10.8. The summed E-state index contributed by atoms with van der Waals surface area (Å²) in [6.07, 6.45) is -1.20. The molecule has 4 aromatic rings. The van der Waals surface area contributed by atoms with Gasteiger partial charge in [-0.05, 0) is 56.3 Å². The van der Waals surface area contributed by atoms with Crippen LogP contribution in [0.15, 0.2) is 82.5 Å². The van der Waals surface area contributed by atoms with Crippen LogP contribution in [-0.2, 0) is 26.6 Å². The predicted molar refractivity (Wildman–Crippen MR) is 149 cm³/mol. The molecule has 0 radical (unpaired) electrons. The third-order valence-electron chi connectivity index (χ3n) is 6.46. The van der Waals surface area contributed by atoms with Crippen molar-refractivity contribution >= 4 is 33.3 Å². The quantitative estimate of drug-likeness (QED) is 0.303. The number of hydrogen-bond acceptors (Lipinski definition) is 8. The summed E-state index contributed by atoms with van der Waals surface area (Å²) in [5.74, 6) is -0.477. The van der Waals surface area contributed by atoms with Gasteiger partial charge < -0.3 is 19.5 Å². The first-order chi connectivity index (χ1) is 19.5. The fraction of sp³-hybridized carbons (Fsp3) is 0.179. The summed E-state index contributed by atoms with van der Waals surface area (Å²) in [6.45, 7) is 3.09. The highest BCUT2D eigenvalue weighted by atomic mass is 32.2. The maximum atomic E-state index is 13.2. The molecule has 0 saturated heterocycles. The molecule has 0 unspecified atom stereocenters. The molecule has 1 aromatic heterocycles. The van der Waals surface area contributed by atoms with Gasteiger partial charge in [0.15, 0.2) is 17.6 Å². The lowest BCUT2D eigenvalue weighted by Gasteiger charge is -2.14. The van der Waals surface area contributed by atoms with Crippen molar-refractivity contribution in [1.29, 1.82) is 0 Å². The van der Waals surface area contributed by atoms with Gasteiger partial charge in [0, 0.05) is 18.8 Å². The van der Waals surface area contributed by atoms with Gasteiger partial charge in [-0.2, -0.15) is 0 Å². The van der Waals surface area contributed by atoms with E-state index in [1.165, 1.54) is 29.8 Å². The van der Waals surface area contributed by atoms with Crippen molar-refractivity contribution in [1.82, 2.24) is 9.36 Å². The van der Waals surface area contributed by atoms with E-state index in [2.05, 4.69) is 10.0 Å². The second-order valence-electron chi connectivity index (χ2n) is 9.17. The van der Waals surface area contributed by atoms with E-state index < -0.39 is 33.6 Å². The predicted octanol–water partition coefficient (Wildman–Crippen LogP) is 3.20. The summed E-state index contributed by atoms with van der Waals surface area (Å²) >= 11 is 0. The molecule has 2 heterocycles. The van der Waals surface area contributed by atoms with Gasteiger partial charge in [-0.1, -0.05) is 24.3 Å². The van der Waals surface area contributed by atoms with Gasteiger partial charge in [0.25, 0.3) is 21.5 Å². The number of rotatable bonds is 8. The number of sulfonamides is 1. The zero-order valence-corrected chi connectivity index (χ0v) is 23.1. The molecule has 0 aliphatic carbocycles. The first-order valence-electron chi connectivity index (χ1n) is 12.4. The van der Waals surface area contributed by atoms with Crippen LogP contribution in [0.4, 0.5) is 11.4 Å².